The standard InChI is InChI=1S/C28H38BN4O8/c1-27(2,3)38-25(36)32-17-15-30-23(34)19-7-11-21(12-8-19)40-29-41-22-13-9-20(10-14-22)24(35)31-16-18-33-26(37)39-28(4,5)6/h7-14H,15-18H2,1-6H3,(H,30,34)(H,31,35)(H,32,36)(H,33,37). The third-order valence-electron chi connectivity index (χ3n) is 4.76. The van der Waals surface area contributed by atoms with Crippen LogP contribution in [0.15, 0.2) is 48.5 Å². The zero-order valence-electron chi connectivity index (χ0n) is 24.3. The minimum atomic E-state index is -0.589. The number of ether oxygens (including phenoxy) is 2. The second-order valence-corrected chi connectivity index (χ2v) is 10.7. The number of carbonyl (C=O) groups is 4. The molecular weight excluding hydrogens is 531 g/mol. The normalized spacial score (nSPS) is 11.0. The number of carbonyl (C=O) groups excluding carboxylic acids is 4. The summed E-state index contributed by atoms with van der Waals surface area (Å²) in [5.74, 6) is 0.297. The Hall–Kier alpha value is -4.42. The van der Waals surface area contributed by atoms with Crippen molar-refractivity contribution < 1.29 is 38.0 Å². The van der Waals surface area contributed by atoms with Gasteiger partial charge in [0.05, 0.1) is 0 Å². The lowest BCUT2D eigenvalue weighted by Crippen LogP contribution is -2.37. The summed E-state index contributed by atoms with van der Waals surface area (Å²) in [6, 6.07) is 12.8. The van der Waals surface area contributed by atoms with Gasteiger partial charge in [-0.25, -0.2) is 9.59 Å². The first kappa shape index (κ1) is 32.8. The van der Waals surface area contributed by atoms with Crippen molar-refractivity contribution >= 4 is 31.7 Å². The fourth-order valence-electron chi connectivity index (χ4n) is 3.02. The highest BCUT2D eigenvalue weighted by atomic mass is 16.6. The Balaban J connectivity index is 1.66. The average Bonchev–Trinajstić information content (AvgIpc) is 2.87. The summed E-state index contributed by atoms with van der Waals surface area (Å²) in [7, 11) is 1.13. The number of rotatable bonds is 12. The van der Waals surface area contributed by atoms with Gasteiger partial charge in [-0.2, -0.15) is 0 Å². The van der Waals surface area contributed by atoms with Crippen LogP contribution in [0.25, 0.3) is 0 Å². The van der Waals surface area contributed by atoms with Crippen LogP contribution in [-0.4, -0.2) is 69.1 Å². The van der Waals surface area contributed by atoms with Gasteiger partial charge in [0.15, 0.2) is 0 Å². The summed E-state index contributed by atoms with van der Waals surface area (Å²) in [5, 5.41) is 10.6. The van der Waals surface area contributed by atoms with E-state index >= 15 is 0 Å². The predicted octanol–water partition coefficient (Wildman–Crippen LogP) is 3.19. The minimum absolute atomic E-state index is 0.229. The Morgan fingerprint density at radius 1 is 0.561 bits per heavy atom. The number of benzene rings is 2. The fraction of sp³-hybridized carbons (Fsp3) is 0.429. The van der Waals surface area contributed by atoms with Crippen LogP contribution in [0.2, 0.25) is 0 Å². The quantitative estimate of drug-likeness (QED) is 0.225. The predicted molar refractivity (Wildman–Crippen MR) is 153 cm³/mol. The van der Waals surface area contributed by atoms with Gasteiger partial charge in [0.2, 0.25) is 0 Å². The van der Waals surface area contributed by atoms with Crippen LogP contribution in [0.4, 0.5) is 9.59 Å². The van der Waals surface area contributed by atoms with Crippen LogP contribution >= 0.6 is 0 Å². The zero-order chi connectivity index (χ0) is 30.5. The first-order chi connectivity index (χ1) is 19.2. The summed E-state index contributed by atoms with van der Waals surface area (Å²) in [5.41, 5.74) is -0.336. The van der Waals surface area contributed by atoms with E-state index in [2.05, 4.69) is 21.3 Å². The zero-order valence-corrected chi connectivity index (χ0v) is 24.3. The third kappa shape index (κ3) is 14.0. The molecule has 13 heteroatoms. The Morgan fingerprint density at radius 2 is 0.878 bits per heavy atom. The van der Waals surface area contributed by atoms with Gasteiger partial charge in [0.25, 0.3) is 11.8 Å². The molecule has 0 saturated heterocycles. The number of amides is 4. The highest BCUT2D eigenvalue weighted by molar-refractivity contribution is 6.20. The smallest absolute Gasteiger partial charge is 0.526 e. The maximum absolute atomic E-state index is 12.3. The Kier molecular flexibility index (Phi) is 12.3. The molecule has 2 aromatic carbocycles. The van der Waals surface area contributed by atoms with Crippen LogP contribution in [0.3, 0.4) is 0 Å². The van der Waals surface area contributed by atoms with Gasteiger partial charge in [-0.3, -0.25) is 9.59 Å². The molecule has 0 bridgehead atoms. The topological polar surface area (TPSA) is 153 Å². The molecular formula is C28H38BN4O8. The summed E-state index contributed by atoms with van der Waals surface area (Å²) in [6.07, 6.45) is -1.09. The summed E-state index contributed by atoms with van der Waals surface area (Å²) in [4.78, 5) is 47.8. The monoisotopic (exact) mass is 569 g/mol. The van der Waals surface area contributed by atoms with Crippen LogP contribution in [-0.2, 0) is 9.47 Å². The molecule has 0 aliphatic rings. The van der Waals surface area contributed by atoms with Crippen molar-refractivity contribution in [1.29, 1.82) is 0 Å². The van der Waals surface area contributed by atoms with Gasteiger partial charge in [-0.1, -0.05) is 0 Å². The van der Waals surface area contributed by atoms with Gasteiger partial charge in [0.1, 0.15) is 22.7 Å². The molecule has 0 aliphatic heterocycles. The second-order valence-electron chi connectivity index (χ2n) is 10.7. The summed E-state index contributed by atoms with van der Waals surface area (Å²) >= 11 is 0. The van der Waals surface area contributed by atoms with Crippen molar-refractivity contribution in [3.8, 4) is 11.5 Å². The molecule has 4 N–H and O–H groups in total. The van der Waals surface area contributed by atoms with Crippen LogP contribution in [0.1, 0.15) is 62.3 Å². The molecule has 2 rings (SSSR count). The van der Waals surface area contributed by atoms with Crippen molar-refractivity contribution in [2.24, 2.45) is 0 Å². The van der Waals surface area contributed by atoms with E-state index in [1.54, 1.807) is 90.1 Å². The van der Waals surface area contributed by atoms with E-state index in [4.69, 9.17) is 18.8 Å². The van der Waals surface area contributed by atoms with Gasteiger partial charge >= 0.3 is 19.9 Å². The van der Waals surface area contributed by atoms with Crippen molar-refractivity contribution in [1.82, 2.24) is 21.3 Å². The van der Waals surface area contributed by atoms with E-state index in [9.17, 15) is 19.2 Å². The van der Waals surface area contributed by atoms with E-state index in [1.165, 1.54) is 0 Å². The van der Waals surface area contributed by atoms with Crippen LogP contribution in [0, 0.1) is 0 Å². The molecule has 0 heterocycles. The van der Waals surface area contributed by atoms with Crippen LogP contribution in [0.5, 0.6) is 11.5 Å². The molecule has 0 spiro atoms. The molecule has 12 nitrogen and oxygen atoms in total. The van der Waals surface area contributed by atoms with E-state index in [0.717, 1.165) is 7.69 Å². The first-order valence-corrected chi connectivity index (χ1v) is 13.1. The summed E-state index contributed by atoms with van der Waals surface area (Å²) < 4.78 is 21.1. The lowest BCUT2D eigenvalue weighted by atomic mass is 10.2. The fourth-order valence-corrected chi connectivity index (χ4v) is 3.02. The van der Waals surface area contributed by atoms with Crippen molar-refractivity contribution in [3.63, 3.8) is 0 Å². The van der Waals surface area contributed by atoms with Gasteiger partial charge in [0, 0.05) is 37.3 Å². The molecule has 0 aliphatic carbocycles. The van der Waals surface area contributed by atoms with E-state index in [0.29, 0.717) is 22.6 Å². The Bertz CT molecular complexity index is 1070. The first-order valence-electron chi connectivity index (χ1n) is 13.1. The molecule has 41 heavy (non-hydrogen) atoms. The number of alkyl carbamates (subject to hydrolysis) is 2. The largest absolute Gasteiger partial charge is 0.658 e. The SMILES string of the molecule is CC(C)(C)OC(=O)NCCNC(=O)c1ccc(O[B]Oc2ccc(C(=O)NCCNC(=O)OC(C)(C)C)cc2)cc1. The lowest BCUT2D eigenvalue weighted by molar-refractivity contribution is 0.0516. The molecule has 0 unspecified atom stereocenters. The molecule has 4 amide bonds. The van der Waals surface area contributed by atoms with Crippen LogP contribution < -0.4 is 30.6 Å². The maximum atomic E-state index is 12.3. The number of nitrogens with one attached hydrogen (secondary N) is 4. The minimum Gasteiger partial charge on any atom is -0.526 e. The van der Waals surface area contributed by atoms with Crippen molar-refractivity contribution in [2.45, 2.75) is 52.7 Å². The molecule has 0 saturated carbocycles. The molecule has 2 aromatic rings. The van der Waals surface area contributed by atoms with Gasteiger partial charge in [-0.05, 0) is 90.1 Å². The molecule has 0 fully saturated rings. The average molecular weight is 569 g/mol. The highest BCUT2D eigenvalue weighted by Gasteiger charge is 2.16. The Labute approximate surface area is 241 Å². The molecule has 0 atom stereocenters. The number of hydrogen-bond acceptors (Lipinski definition) is 8. The lowest BCUT2D eigenvalue weighted by Gasteiger charge is -2.19. The Morgan fingerprint density at radius 3 is 1.20 bits per heavy atom. The number of hydrogen-bond donors (Lipinski definition) is 4. The third-order valence-corrected chi connectivity index (χ3v) is 4.76. The molecule has 1 radical (unpaired) electrons. The van der Waals surface area contributed by atoms with E-state index in [-0.39, 0.29) is 38.0 Å². The summed E-state index contributed by atoms with van der Waals surface area (Å²) in [6.45, 7) is 11.6. The van der Waals surface area contributed by atoms with Gasteiger partial charge < -0.3 is 40.0 Å². The maximum Gasteiger partial charge on any atom is 0.658 e. The molecule has 221 valence electrons. The van der Waals surface area contributed by atoms with E-state index in [1.807, 2.05) is 0 Å². The van der Waals surface area contributed by atoms with E-state index < -0.39 is 23.4 Å². The van der Waals surface area contributed by atoms with Gasteiger partial charge in [-0.15, -0.1) is 0 Å². The van der Waals surface area contributed by atoms with Crippen molar-refractivity contribution in [2.75, 3.05) is 26.2 Å². The molecule has 0 aromatic heterocycles. The highest BCUT2D eigenvalue weighted by Crippen LogP contribution is 2.15. The van der Waals surface area contributed by atoms with Crippen molar-refractivity contribution in [3.05, 3.63) is 59.7 Å². The second kappa shape index (κ2) is 15.4.